The van der Waals surface area contributed by atoms with Gasteiger partial charge in [-0.3, -0.25) is 8.42 Å². The van der Waals surface area contributed by atoms with Crippen molar-refractivity contribution in [3.8, 4) is 0 Å². The Morgan fingerprint density at radius 1 is 1.04 bits per heavy atom. The number of hydrogen-bond donors (Lipinski definition) is 0. The van der Waals surface area contributed by atoms with E-state index in [4.69, 9.17) is 4.74 Å². The fourth-order valence-electron chi connectivity index (χ4n) is 2.08. The first kappa shape index (κ1) is 21.0. The molecule has 1 aromatic rings. The van der Waals surface area contributed by atoms with Crippen molar-refractivity contribution in [1.82, 2.24) is 0 Å². The molecule has 4 nitrogen and oxygen atoms in total. The molecule has 0 fully saturated rings. The van der Waals surface area contributed by atoms with Crippen molar-refractivity contribution in [2.45, 2.75) is 44.8 Å². The van der Waals surface area contributed by atoms with Crippen LogP contribution in [-0.2, 0) is 26.3 Å². The molecule has 0 spiro atoms. The van der Waals surface area contributed by atoms with Gasteiger partial charge in [0.15, 0.2) is 0 Å². The van der Waals surface area contributed by atoms with Crippen LogP contribution in [0.2, 0.25) is 0 Å². The maximum atomic E-state index is 12.4. The number of hydrogen-bond acceptors (Lipinski definition) is 4. The van der Waals surface area contributed by atoms with Crippen molar-refractivity contribution < 1.29 is 17.9 Å². The third-order valence-corrected chi connectivity index (χ3v) is 7.04. The summed E-state index contributed by atoms with van der Waals surface area (Å²) in [5, 5.41) is -0.359. The van der Waals surface area contributed by atoms with Crippen LogP contribution in [0, 0.1) is 0 Å². The number of unbranched alkanes of at least 4 members (excludes halogenated alkanes) is 2. The Labute approximate surface area is 150 Å². The largest absolute Gasteiger partial charge is 0.461 e. The van der Waals surface area contributed by atoms with E-state index in [9.17, 15) is 13.2 Å². The first-order valence-corrected chi connectivity index (χ1v) is 11.4. The zero-order valence-electron chi connectivity index (χ0n) is 14.6. The van der Waals surface area contributed by atoms with Gasteiger partial charge in [0.1, 0.15) is 6.61 Å². The smallest absolute Gasteiger partial charge is 0.338 e. The van der Waals surface area contributed by atoms with Gasteiger partial charge in [-0.2, -0.15) is 0 Å². The van der Waals surface area contributed by atoms with Gasteiger partial charge in [0.25, 0.3) is 0 Å². The van der Waals surface area contributed by atoms with Crippen molar-refractivity contribution in [1.29, 1.82) is 0 Å². The third kappa shape index (κ3) is 8.20. The quantitative estimate of drug-likeness (QED) is 0.528. The number of benzene rings is 1. The summed E-state index contributed by atoms with van der Waals surface area (Å²) in [5.41, 5.74) is 0.475. The summed E-state index contributed by atoms with van der Waals surface area (Å²) < 4.78 is 29.9. The van der Waals surface area contributed by atoms with E-state index in [0.717, 1.165) is 25.7 Å². The van der Waals surface area contributed by atoms with Gasteiger partial charge in [-0.05, 0) is 25.0 Å². The third-order valence-electron chi connectivity index (χ3n) is 3.58. The Hall–Kier alpha value is -1.01. The predicted molar refractivity (Wildman–Crippen MR) is 101 cm³/mol. The number of carbonyl (C=O) groups is 1. The highest BCUT2D eigenvalue weighted by atomic mass is 32.2. The first-order valence-electron chi connectivity index (χ1n) is 8.52. The Bertz CT molecular complexity index is 531. The molecular formula is C18H28O4S2. The average molecular weight is 373 g/mol. The molecule has 0 N–H and O–H groups in total. The molecule has 136 valence electrons. The van der Waals surface area contributed by atoms with Crippen LogP contribution in [0.3, 0.4) is 0 Å². The van der Waals surface area contributed by atoms with Crippen LogP contribution in [0.5, 0.6) is 0 Å². The molecular weight excluding hydrogens is 344 g/mol. The lowest BCUT2D eigenvalue weighted by Gasteiger charge is -2.16. The number of ether oxygens (including phenoxy) is 1. The Morgan fingerprint density at radius 3 is 2.29 bits per heavy atom. The van der Waals surface area contributed by atoms with Crippen LogP contribution >= 0.6 is 0 Å². The topological polar surface area (TPSA) is 60.4 Å². The highest BCUT2D eigenvalue weighted by Crippen LogP contribution is 2.08. The maximum Gasteiger partial charge on any atom is 0.338 e. The highest BCUT2D eigenvalue weighted by molar-refractivity contribution is 7.89. The van der Waals surface area contributed by atoms with Crippen LogP contribution in [0.15, 0.2) is 30.3 Å². The maximum absolute atomic E-state index is 12.4. The fraction of sp³-hybridized carbons (Fsp3) is 0.611. The summed E-state index contributed by atoms with van der Waals surface area (Å²) in [5.74, 6) is 1.09. The number of rotatable bonds is 12. The number of esters is 1. The van der Waals surface area contributed by atoms with E-state index < -0.39 is 27.6 Å². The molecule has 0 aliphatic carbocycles. The summed E-state index contributed by atoms with van der Waals surface area (Å²) in [6, 6.07) is 8.74. The molecule has 0 radical (unpaired) electrons. The molecule has 1 aromatic carbocycles. The summed E-state index contributed by atoms with van der Waals surface area (Å²) in [6.45, 7) is 4.15. The SMILES string of the molecule is CCCC[S@@](=O)C[C@@H](COC(=O)c1ccccc1)[S@](=O)CCCC. The molecule has 6 heteroatoms. The second kappa shape index (κ2) is 12.4. The second-order valence-electron chi connectivity index (χ2n) is 5.69. The Morgan fingerprint density at radius 2 is 1.67 bits per heavy atom. The van der Waals surface area contributed by atoms with Gasteiger partial charge in [-0.25, -0.2) is 4.79 Å². The van der Waals surface area contributed by atoms with Crippen molar-refractivity contribution in [3.63, 3.8) is 0 Å². The van der Waals surface area contributed by atoms with Crippen LogP contribution in [-0.4, -0.2) is 43.5 Å². The molecule has 24 heavy (non-hydrogen) atoms. The molecule has 0 amide bonds. The van der Waals surface area contributed by atoms with E-state index in [1.54, 1.807) is 24.3 Å². The normalized spacial score (nSPS) is 14.8. The van der Waals surface area contributed by atoms with Crippen molar-refractivity contribution in [2.75, 3.05) is 23.9 Å². The van der Waals surface area contributed by atoms with Crippen LogP contribution in [0.25, 0.3) is 0 Å². The molecule has 1 rings (SSSR count). The van der Waals surface area contributed by atoms with Gasteiger partial charge in [0.2, 0.25) is 0 Å². The van der Waals surface area contributed by atoms with E-state index in [2.05, 4.69) is 6.92 Å². The first-order chi connectivity index (χ1) is 11.6. The lowest BCUT2D eigenvalue weighted by atomic mass is 10.2. The zero-order chi connectivity index (χ0) is 17.8. The molecule has 0 saturated heterocycles. The van der Waals surface area contributed by atoms with Crippen molar-refractivity contribution >= 4 is 27.6 Å². The molecule has 0 unspecified atom stereocenters. The molecule has 0 aliphatic heterocycles. The van der Waals surface area contributed by atoms with E-state index in [-0.39, 0.29) is 11.9 Å². The summed E-state index contributed by atoms with van der Waals surface area (Å²) in [6.07, 6.45) is 3.70. The van der Waals surface area contributed by atoms with Crippen LogP contribution in [0.4, 0.5) is 0 Å². The fourth-order valence-corrected chi connectivity index (χ4v) is 5.55. The van der Waals surface area contributed by atoms with Crippen molar-refractivity contribution in [3.05, 3.63) is 35.9 Å². The molecule has 0 bridgehead atoms. The monoisotopic (exact) mass is 372 g/mol. The number of carbonyl (C=O) groups excluding carboxylic acids is 1. The van der Waals surface area contributed by atoms with Crippen molar-refractivity contribution in [2.24, 2.45) is 0 Å². The Balaban J connectivity index is 2.61. The molecule has 3 atom stereocenters. The lowest BCUT2D eigenvalue weighted by Crippen LogP contribution is -2.31. The molecule has 0 saturated carbocycles. The molecule has 0 aromatic heterocycles. The van der Waals surface area contributed by atoms with Gasteiger partial charge >= 0.3 is 5.97 Å². The lowest BCUT2D eigenvalue weighted by molar-refractivity contribution is 0.0510. The zero-order valence-corrected chi connectivity index (χ0v) is 16.2. The average Bonchev–Trinajstić information content (AvgIpc) is 2.61. The summed E-state index contributed by atoms with van der Waals surface area (Å²) >= 11 is 0. The summed E-state index contributed by atoms with van der Waals surface area (Å²) in [4.78, 5) is 12.0. The highest BCUT2D eigenvalue weighted by Gasteiger charge is 2.21. The van der Waals surface area contributed by atoms with Gasteiger partial charge in [0.05, 0.1) is 10.8 Å². The van der Waals surface area contributed by atoms with Gasteiger partial charge in [-0.15, -0.1) is 0 Å². The molecule has 0 heterocycles. The Kier molecular flexibility index (Phi) is 10.8. The van der Waals surface area contributed by atoms with Gasteiger partial charge < -0.3 is 4.74 Å². The van der Waals surface area contributed by atoms with E-state index in [0.29, 0.717) is 22.8 Å². The predicted octanol–water partition coefficient (Wildman–Crippen LogP) is 3.31. The van der Waals surface area contributed by atoms with E-state index in [1.165, 1.54) is 0 Å². The second-order valence-corrected chi connectivity index (χ2v) is 9.15. The van der Waals surface area contributed by atoms with Gasteiger partial charge in [0, 0.05) is 38.9 Å². The minimum atomic E-state index is -1.13. The standard InChI is InChI=1S/C18H28O4S2/c1-3-5-12-23(20)15-17(24(21)13-6-4-2)14-22-18(19)16-10-8-7-9-11-16/h7-11,17H,3-6,12-15H2,1-2H3/t17-,23-,24-/m1/s1. The minimum absolute atomic E-state index is 0.0575. The summed E-state index contributed by atoms with van der Waals surface area (Å²) in [7, 11) is -2.15. The minimum Gasteiger partial charge on any atom is -0.461 e. The van der Waals surface area contributed by atoms with E-state index in [1.807, 2.05) is 13.0 Å². The van der Waals surface area contributed by atoms with Crippen LogP contribution in [0.1, 0.15) is 49.9 Å². The van der Waals surface area contributed by atoms with Crippen LogP contribution < -0.4 is 0 Å². The van der Waals surface area contributed by atoms with E-state index >= 15 is 0 Å². The molecule has 0 aliphatic rings. The van der Waals surface area contributed by atoms with Gasteiger partial charge in [-0.1, -0.05) is 44.9 Å².